The zero-order chi connectivity index (χ0) is 19.0. The number of furan rings is 1. The lowest BCUT2D eigenvalue weighted by Crippen LogP contribution is -2.29. The van der Waals surface area contributed by atoms with Gasteiger partial charge in [-0.2, -0.15) is 5.10 Å². The van der Waals surface area contributed by atoms with Gasteiger partial charge in [-0.3, -0.25) is 0 Å². The van der Waals surface area contributed by atoms with E-state index in [-0.39, 0.29) is 0 Å². The summed E-state index contributed by atoms with van der Waals surface area (Å²) < 4.78 is 15.4. The standard InChI is InChI=1S/C19H20N2O5/c1-19(2,3)26-18(23)21-20-13-14-6-4-7-16(12-14)25-17(22)10-9-15-8-5-11-24-15/h4-13H,1-3H3,(H,21,23)/b10-9+,20-13?. The smallest absolute Gasteiger partial charge is 0.428 e. The first-order valence-corrected chi connectivity index (χ1v) is 7.87. The van der Waals surface area contributed by atoms with Gasteiger partial charge in [-0.15, -0.1) is 0 Å². The highest BCUT2D eigenvalue weighted by molar-refractivity contribution is 5.88. The number of hydrogen-bond acceptors (Lipinski definition) is 6. The number of benzene rings is 1. The van der Waals surface area contributed by atoms with E-state index in [1.54, 1.807) is 57.2 Å². The summed E-state index contributed by atoms with van der Waals surface area (Å²) in [5.74, 6) is 0.360. The Morgan fingerprint density at radius 1 is 1.19 bits per heavy atom. The minimum absolute atomic E-state index is 0.348. The predicted octanol–water partition coefficient (Wildman–Crippen LogP) is 3.76. The molecule has 0 radical (unpaired) electrons. The molecule has 0 saturated carbocycles. The predicted molar refractivity (Wildman–Crippen MR) is 96.8 cm³/mol. The number of nitrogens with zero attached hydrogens (tertiary/aromatic N) is 1. The SMILES string of the molecule is CC(C)(C)OC(=O)NN=Cc1cccc(OC(=O)/C=C/c2ccco2)c1. The van der Waals surface area contributed by atoms with Crippen LogP contribution in [0.5, 0.6) is 5.75 Å². The molecular weight excluding hydrogens is 336 g/mol. The molecule has 136 valence electrons. The molecular formula is C19H20N2O5. The fraction of sp³-hybridized carbons (Fsp3) is 0.211. The third kappa shape index (κ3) is 7.04. The van der Waals surface area contributed by atoms with Crippen molar-refractivity contribution in [2.24, 2.45) is 5.10 Å². The van der Waals surface area contributed by atoms with Crippen molar-refractivity contribution >= 4 is 24.4 Å². The van der Waals surface area contributed by atoms with Gasteiger partial charge in [0.2, 0.25) is 0 Å². The number of hydrazone groups is 1. The largest absolute Gasteiger partial charge is 0.465 e. The summed E-state index contributed by atoms with van der Waals surface area (Å²) in [5, 5.41) is 3.80. The van der Waals surface area contributed by atoms with Gasteiger partial charge < -0.3 is 13.9 Å². The van der Waals surface area contributed by atoms with Gasteiger partial charge in [0.15, 0.2) is 0 Å². The lowest BCUT2D eigenvalue weighted by Gasteiger charge is -2.18. The topological polar surface area (TPSA) is 90.1 Å². The van der Waals surface area contributed by atoms with E-state index in [9.17, 15) is 9.59 Å². The third-order valence-electron chi connectivity index (χ3n) is 2.77. The molecule has 7 heteroatoms. The quantitative estimate of drug-likeness (QED) is 0.290. The highest BCUT2D eigenvalue weighted by atomic mass is 16.6. The van der Waals surface area contributed by atoms with Crippen LogP contribution in [0.1, 0.15) is 32.1 Å². The maximum atomic E-state index is 11.8. The van der Waals surface area contributed by atoms with E-state index in [1.165, 1.54) is 24.6 Å². The van der Waals surface area contributed by atoms with Gasteiger partial charge in [0.05, 0.1) is 12.5 Å². The molecule has 1 amide bonds. The Kier molecular flexibility index (Phi) is 6.32. The van der Waals surface area contributed by atoms with Gasteiger partial charge in [0, 0.05) is 6.08 Å². The highest BCUT2D eigenvalue weighted by Gasteiger charge is 2.15. The van der Waals surface area contributed by atoms with Crippen LogP contribution in [0.4, 0.5) is 4.79 Å². The van der Waals surface area contributed by atoms with Crippen molar-refractivity contribution < 1.29 is 23.5 Å². The van der Waals surface area contributed by atoms with E-state index in [0.29, 0.717) is 17.1 Å². The number of ether oxygens (including phenoxy) is 2. The van der Waals surface area contributed by atoms with E-state index < -0.39 is 17.7 Å². The van der Waals surface area contributed by atoms with E-state index in [0.717, 1.165) is 0 Å². The van der Waals surface area contributed by atoms with Crippen LogP contribution >= 0.6 is 0 Å². The van der Waals surface area contributed by atoms with Crippen LogP contribution in [0.2, 0.25) is 0 Å². The van der Waals surface area contributed by atoms with E-state index in [4.69, 9.17) is 13.9 Å². The van der Waals surface area contributed by atoms with Crippen LogP contribution in [0.25, 0.3) is 6.08 Å². The van der Waals surface area contributed by atoms with E-state index >= 15 is 0 Å². The molecule has 26 heavy (non-hydrogen) atoms. The Bertz CT molecular complexity index is 802. The lowest BCUT2D eigenvalue weighted by atomic mass is 10.2. The first kappa shape index (κ1) is 19.0. The second-order valence-corrected chi connectivity index (χ2v) is 6.21. The lowest BCUT2D eigenvalue weighted by molar-refractivity contribution is -0.128. The second kappa shape index (κ2) is 8.66. The number of carbonyl (C=O) groups is 2. The van der Waals surface area contributed by atoms with Crippen LogP contribution in [0.3, 0.4) is 0 Å². The third-order valence-corrected chi connectivity index (χ3v) is 2.77. The summed E-state index contributed by atoms with van der Waals surface area (Å²) in [6.07, 6.45) is 5.06. The van der Waals surface area contributed by atoms with Crippen molar-refractivity contribution in [3.8, 4) is 5.75 Å². The number of hydrogen-bond donors (Lipinski definition) is 1. The Morgan fingerprint density at radius 3 is 2.69 bits per heavy atom. The van der Waals surface area contributed by atoms with Crippen molar-refractivity contribution in [1.82, 2.24) is 5.43 Å². The van der Waals surface area contributed by atoms with Crippen LogP contribution in [-0.4, -0.2) is 23.9 Å². The molecule has 0 aliphatic heterocycles. The monoisotopic (exact) mass is 356 g/mol. The molecule has 0 bridgehead atoms. The van der Waals surface area contributed by atoms with Gasteiger partial charge >= 0.3 is 12.1 Å². The molecule has 1 aromatic heterocycles. The molecule has 0 atom stereocenters. The zero-order valence-corrected chi connectivity index (χ0v) is 14.8. The number of esters is 1. The minimum atomic E-state index is -0.653. The molecule has 0 saturated heterocycles. The summed E-state index contributed by atoms with van der Waals surface area (Å²) in [6, 6.07) is 10.1. The Morgan fingerprint density at radius 2 is 2.00 bits per heavy atom. The van der Waals surface area contributed by atoms with Crippen molar-refractivity contribution in [2.45, 2.75) is 26.4 Å². The minimum Gasteiger partial charge on any atom is -0.465 e. The van der Waals surface area contributed by atoms with Gasteiger partial charge in [0.1, 0.15) is 17.1 Å². The Hall–Kier alpha value is -3.35. The normalized spacial score (nSPS) is 11.7. The summed E-state index contributed by atoms with van der Waals surface area (Å²) in [4.78, 5) is 23.3. The number of carbonyl (C=O) groups excluding carboxylic acids is 2. The van der Waals surface area contributed by atoms with Crippen molar-refractivity contribution in [3.05, 3.63) is 60.1 Å². The van der Waals surface area contributed by atoms with Crippen molar-refractivity contribution in [2.75, 3.05) is 0 Å². The summed E-state index contributed by atoms with van der Waals surface area (Å²) in [7, 11) is 0. The highest BCUT2D eigenvalue weighted by Crippen LogP contribution is 2.13. The van der Waals surface area contributed by atoms with Crippen LogP contribution in [0, 0.1) is 0 Å². The first-order chi connectivity index (χ1) is 12.3. The van der Waals surface area contributed by atoms with Crippen LogP contribution < -0.4 is 10.2 Å². The number of rotatable bonds is 5. The second-order valence-electron chi connectivity index (χ2n) is 6.21. The maximum Gasteiger partial charge on any atom is 0.428 e. The zero-order valence-electron chi connectivity index (χ0n) is 14.8. The van der Waals surface area contributed by atoms with E-state index in [2.05, 4.69) is 10.5 Å². The molecule has 2 aromatic rings. The van der Waals surface area contributed by atoms with Crippen molar-refractivity contribution in [1.29, 1.82) is 0 Å². The first-order valence-electron chi connectivity index (χ1n) is 7.87. The number of amides is 1. The molecule has 2 rings (SSSR count). The Balaban J connectivity index is 1.90. The summed E-state index contributed by atoms with van der Waals surface area (Å²) in [5.41, 5.74) is 2.30. The maximum absolute atomic E-state index is 11.8. The molecule has 0 spiro atoms. The Labute approximate surface area is 151 Å². The molecule has 0 unspecified atom stereocenters. The molecule has 0 aliphatic carbocycles. The average molecular weight is 356 g/mol. The van der Waals surface area contributed by atoms with Crippen LogP contribution in [-0.2, 0) is 9.53 Å². The fourth-order valence-corrected chi connectivity index (χ4v) is 1.81. The number of nitrogens with one attached hydrogen (secondary N) is 1. The van der Waals surface area contributed by atoms with E-state index in [1.807, 2.05) is 0 Å². The molecule has 0 aliphatic rings. The molecule has 7 nitrogen and oxygen atoms in total. The summed E-state index contributed by atoms with van der Waals surface area (Å²) >= 11 is 0. The average Bonchev–Trinajstić information content (AvgIpc) is 3.05. The summed E-state index contributed by atoms with van der Waals surface area (Å²) in [6.45, 7) is 5.28. The van der Waals surface area contributed by atoms with Gasteiger partial charge in [-0.05, 0) is 56.7 Å². The molecule has 1 aromatic carbocycles. The van der Waals surface area contributed by atoms with Crippen LogP contribution in [0.15, 0.2) is 58.3 Å². The molecule has 0 fully saturated rings. The van der Waals surface area contributed by atoms with Gasteiger partial charge in [-0.25, -0.2) is 15.0 Å². The molecule has 1 heterocycles. The van der Waals surface area contributed by atoms with Gasteiger partial charge in [0.25, 0.3) is 0 Å². The van der Waals surface area contributed by atoms with Gasteiger partial charge in [-0.1, -0.05) is 12.1 Å². The van der Waals surface area contributed by atoms with Crippen molar-refractivity contribution in [3.63, 3.8) is 0 Å². The fourth-order valence-electron chi connectivity index (χ4n) is 1.81. The molecule has 1 N–H and O–H groups in total.